The van der Waals surface area contributed by atoms with Crippen LogP contribution in [0.3, 0.4) is 0 Å². The third kappa shape index (κ3) is 4.37. The first-order valence-electron chi connectivity index (χ1n) is 9.66. The molecule has 28 heavy (non-hydrogen) atoms. The van der Waals surface area contributed by atoms with Crippen molar-refractivity contribution in [1.82, 2.24) is 15.1 Å². The number of phenolic OH excluding ortho intramolecular Hbond substituents is 2. The Kier molecular flexibility index (Phi) is 5.76. The van der Waals surface area contributed by atoms with Crippen molar-refractivity contribution in [1.29, 1.82) is 0 Å². The molecule has 2 heterocycles. The van der Waals surface area contributed by atoms with Gasteiger partial charge in [0, 0.05) is 49.8 Å². The van der Waals surface area contributed by atoms with Crippen LogP contribution in [0.5, 0.6) is 11.5 Å². The zero-order valence-electron chi connectivity index (χ0n) is 16.2. The molecule has 2 saturated heterocycles. The van der Waals surface area contributed by atoms with Gasteiger partial charge >= 0.3 is 0 Å². The average molecular weight is 389 g/mol. The largest absolute Gasteiger partial charge is 0.508 e. The van der Waals surface area contributed by atoms with Crippen molar-refractivity contribution < 1.29 is 24.6 Å². The highest BCUT2D eigenvalue weighted by Crippen LogP contribution is 2.24. The van der Waals surface area contributed by atoms with Crippen LogP contribution < -0.4 is 5.32 Å². The summed E-state index contributed by atoms with van der Waals surface area (Å²) in [5.74, 6) is -0.974. The molecule has 2 fully saturated rings. The van der Waals surface area contributed by atoms with Crippen molar-refractivity contribution in [3.05, 3.63) is 23.8 Å². The third-order valence-corrected chi connectivity index (χ3v) is 5.43. The SMILES string of the molecule is CC(C)N1CC(C(=O)NC2CCN(C(=O)c3cc(O)cc(O)c3)CC2)CC1=O. The van der Waals surface area contributed by atoms with Crippen molar-refractivity contribution in [2.75, 3.05) is 19.6 Å². The second-order valence-electron chi connectivity index (χ2n) is 7.85. The maximum Gasteiger partial charge on any atom is 0.254 e. The lowest BCUT2D eigenvalue weighted by Gasteiger charge is -2.33. The van der Waals surface area contributed by atoms with Gasteiger partial charge in [-0.2, -0.15) is 0 Å². The van der Waals surface area contributed by atoms with Crippen molar-refractivity contribution in [3.63, 3.8) is 0 Å². The van der Waals surface area contributed by atoms with E-state index in [9.17, 15) is 24.6 Å². The Morgan fingerprint density at radius 3 is 2.25 bits per heavy atom. The van der Waals surface area contributed by atoms with Gasteiger partial charge in [-0.3, -0.25) is 14.4 Å². The maximum absolute atomic E-state index is 12.6. The Morgan fingerprint density at radius 1 is 1.11 bits per heavy atom. The van der Waals surface area contributed by atoms with Gasteiger partial charge in [-0.1, -0.05) is 0 Å². The summed E-state index contributed by atoms with van der Waals surface area (Å²) >= 11 is 0. The summed E-state index contributed by atoms with van der Waals surface area (Å²) in [4.78, 5) is 40.4. The number of nitrogens with zero attached hydrogens (tertiary/aromatic N) is 2. The molecule has 0 aromatic heterocycles. The summed E-state index contributed by atoms with van der Waals surface area (Å²) in [6.07, 6.45) is 1.50. The van der Waals surface area contributed by atoms with E-state index in [2.05, 4.69) is 5.32 Å². The average Bonchev–Trinajstić information content (AvgIpc) is 3.03. The number of carbonyl (C=O) groups is 3. The number of hydrogen-bond donors (Lipinski definition) is 3. The monoisotopic (exact) mass is 389 g/mol. The fraction of sp³-hybridized carbons (Fsp3) is 0.550. The number of benzene rings is 1. The molecular formula is C20H27N3O5. The molecule has 0 bridgehead atoms. The van der Waals surface area contributed by atoms with Crippen molar-refractivity contribution in [2.45, 2.75) is 45.2 Å². The van der Waals surface area contributed by atoms with E-state index >= 15 is 0 Å². The molecular weight excluding hydrogens is 362 g/mol. The van der Waals surface area contributed by atoms with Gasteiger partial charge in [-0.25, -0.2) is 0 Å². The zero-order valence-corrected chi connectivity index (χ0v) is 16.2. The summed E-state index contributed by atoms with van der Waals surface area (Å²) in [5.41, 5.74) is 0.234. The lowest BCUT2D eigenvalue weighted by atomic mass is 10.0. The summed E-state index contributed by atoms with van der Waals surface area (Å²) in [6, 6.07) is 3.89. The molecule has 0 radical (unpaired) electrons. The molecule has 1 atom stereocenters. The van der Waals surface area contributed by atoms with Gasteiger partial charge in [0.1, 0.15) is 11.5 Å². The van der Waals surface area contributed by atoms with Gasteiger partial charge in [0.25, 0.3) is 5.91 Å². The van der Waals surface area contributed by atoms with Crippen LogP contribution in [-0.2, 0) is 9.59 Å². The molecule has 1 aromatic carbocycles. The van der Waals surface area contributed by atoms with Crippen molar-refractivity contribution >= 4 is 17.7 Å². The fourth-order valence-corrected chi connectivity index (χ4v) is 3.85. The van der Waals surface area contributed by atoms with E-state index in [0.717, 1.165) is 0 Å². The number of nitrogens with one attached hydrogen (secondary N) is 1. The van der Waals surface area contributed by atoms with E-state index in [4.69, 9.17) is 0 Å². The highest BCUT2D eigenvalue weighted by molar-refractivity contribution is 5.95. The highest BCUT2D eigenvalue weighted by Gasteiger charge is 2.36. The van der Waals surface area contributed by atoms with Crippen LogP contribution in [0.25, 0.3) is 0 Å². The zero-order chi connectivity index (χ0) is 20.4. The molecule has 2 aliphatic rings. The van der Waals surface area contributed by atoms with Gasteiger partial charge in [-0.05, 0) is 38.8 Å². The summed E-state index contributed by atoms with van der Waals surface area (Å²) in [5, 5.41) is 22.1. The van der Waals surface area contributed by atoms with E-state index < -0.39 is 0 Å². The molecule has 3 amide bonds. The van der Waals surface area contributed by atoms with Crippen LogP contribution in [0.4, 0.5) is 0 Å². The Labute approximate surface area is 164 Å². The third-order valence-electron chi connectivity index (χ3n) is 5.43. The number of phenols is 2. The van der Waals surface area contributed by atoms with E-state index in [-0.39, 0.29) is 59.2 Å². The standard InChI is InChI=1S/C20H27N3O5/c1-12(2)23-11-14(9-18(23)26)19(27)21-15-3-5-22(6-4-15)20(28)13-7-16(24)10-17(25)8-13/h7-8,10,12,14-15,24-25H,3-6,9,11H2,1-2H3,(H,21,27). The number of amides is 3. The molecule has 2 aliphatic heterocycles. The van der Waals surface area contributed by atoms with Gasteiger partial charge < -0.3 is 25.3 Å². The predicted octanol–water partition coefficient (Wildman–Crippen LogP) is 1.08. The molecule has 0 aliphatic carbocycles. The first-order valence-corrected chi connectivity index (χ1v) is 9.66. The first kappa shape index (κ1) is 20.0. The Bertz CT molecular complexity index is 751. The molecule has 0 spiro atoms. The lowest BCUT2D eigenvalue weighted by Crippen LogP contribution is -2.48. The second-order valence-corrected chi connectivity index (χ2v) is 7.85. The second kappa shape index (κ2) is 8.08. The Morgan fingerprint density at radius 2 is 1.71 bits per heavy atom. The molecule has 1 aromatic rings. The number of piperidine rings is 1. The summed E-state index contributed by atoms with van der Waals surface area (Å²) in [7, 11) is 0. The van der Waals surface area contributed by atoms with Crippen molar-refractivity contribution in [2.24, 2.45) is 5.92 Å². The minimum atomic E-state index is -0.315. The number of likely N-dealkylation sites (tertiary alicyclic amines) is 2. The predicted molar refractivity (Wildman–Crippen MR) is 102 cm³/mol. The van der Waals surface area contributed by atoms with Crippen LogP contribution in [-0.4, -0.2) is 69.5 Å². The number of aromatic hydroxyl groups is 2. The van der Waals surface area contributed by atoms with Crippen LogP contribution in [0, 0.1) is 5.92 Å². The smallest absolute Gasteiger partial charge is 0.254 e. The lowest BCUT2D eigenvalue weighted by molar-refractivity contribution is -0.130. The molecule has 8 heteroatoms. The van der Waals surface area contributed by atoms with Crippen molar-refractivity contribution in [3.8, 4) is 11.5 Å². The van der Waals surface area contributed by atoms with Crippen LogP contribution in [0.2, 0.25) is 0 Å². The molecule has 0 saturated carbocycles. The molecule has 8 nitrogen and oxygen atoms in total. The van der Waals surface area contributed by atoms with Gasteiger partial charge in [0.15, 0.2) is 0 Å². The molecule has 152 valence electrons. The van der Waals surface area contributed by atoms with E-state index in [0.29, 0.717) is 32.5 Å². The number of hydrogen-bond acceptors (Lipinski definition) is 5. The number of carbonyl (C=O) groups excluding carboxylic acids is 3. The van der Waals surface area contributed by atoms with Gasteiger partial charge in [0.2, 0.25) is 11.8 Å². The minimum absolute atomic E-state index is 0.0185. The Hall–Kier alpha value is -2.77. The molecule has 3 rings (SSSR count). The van der Waals surface area contributed by atoms with Gasteiger partial charge in [0.05, 0.1) is 5.92 Å². The van der Waals surface area contributed by atoms with E-state index in [1.165, 1.54) is 18.2 Å². The normalized spacial score (nSPS) is 20.7. The van der Waals surface area contributed by atoms with Gasteiger partial charge in [-0.15, -0.1) is 0 Å². The van der Waals surface area contributed by atoms with Crippen LogP contribution in [0.15, 0.2) is 18.2 Å². The fourth-order valence-electron chi connectivity index (χ4n) is 3.85. The summed E-state index contributed by atoms with van der Waals surface area (Å²) in [6.45, 7) is 5.29. The van der Waals surface area contributed by atoms with E-state index in [1.807, 2.05) is 13.8 Å². The summed E-state index contributed by atoms with van der Waals surface area (Å²) < 4.78 is 0. The topological polar surface area (TPSA) is 110 Å². The molecule has 3 N–H and O–H groups in total. The van der Waals surface area contributed by atoms with Crippen LogP contribution in [0.1, 0.15) is 43.5 Å². The van der Waals surface area contributed by atoms with E-state index in [1.54, 1.807) is 9.80 Å². The Balaban J connectivity index is 1.51. The van der Waals surface area contributed by atoms with Crippen LogP contribution >= 0.6 is 0 Å². The number of rotatable bonds is 4. The first-order chi connectivity index (χ1) is 13.2. The highest BCUT2D eigenvalue weighted by atomic mass is 16.3. The minimum Gasteiger partial charge on any atom is -0.508 e. The maximum atomic E-state index is 12.6. The quantitative estimate of drug-likeness (QED) is 0.714. The molecule has 1 unspecified atom stereocenters.